The van der Waals surface area contributed by atoms with Crippen LogP contribution in [0.4, 0.5) is 0 Å². The van der Waals surface area contributed by atoms with Gasteiger partial charge < -0.3 is 5.11 Å². The van der Waals surface area contributed by atoms with Gasteiger partial charge in [0.25, 0.3) is 0 Å². The first kappa shape index (κ1) is 13.0. The van der Waals surface area contributed by atoms with Crippen LogP contribution >= 0.6 is 0 Å². The van der Waals surface area contributed by atoms with Crippen molar-refractivity contribution in [2.75, 3.05) is 6.61 Å². The smallest absolute Gasteiger partial charge is 0.0431 e. The van der Waals surface area contributed by atoms with Crippen molar-refractivity contribution < 1.29 is 5.11 Å². The second kappa shape index (κ2) is 7.24. The lowest BCUT2D eigenvalue weighted by molar-refractivity contribution is 0.283. The zero-order chi connectivity index (χ0) is 11.8. The first-order valence-corrected chi connectivity index (χ1v) is 6.07. The molecule has 1 rings (SSSR count). The van der Waals surface area contributed by atoms with Gasteiger partial charge in [-0.05, 0) is 44.2 Å². The van der Waals surface area contributed by atoms with Crippen molar-refractivity contribution in [2.45, 2.75) is 39.5 Å². The molecule has 0 fully saturated rings. The summed E-state index contributed by atoms with van der Waals surface area (Å²) in [7, 11) is 0. The van der Waals surface area contributed by atoms with E-state index in [1.165, 1.54) is 23.1 Å². The molecule has 0 saturated carbocycles. The normalized spacial score (nSPS) is 10.2. The molecule has 88 valence electrons. The minimum absolute atomic E-state index is 0.319. The van der Waals surface area contributed by atoms with Gasteiger partial charge in [-0.3, -0.25) is 0 Å². The number of rotatable bonds is 6. The maximum atomic E-state index is 8.68. The fraction of sp³-hybridized carbons (Fsp3) is 0.467. The standard InChI is InChI=1S/C15H22O/c1-13(2)12-15-9-7-14(8-10-15)6-4-3-5-11-16/h7-10,12,16H,3-6,11H2,1-2H3. The largest absolute Gasteiger partial charge is 0.396 e. The molecule has 1 heteroatoms. The van der Waals surface area contributed by atoms with E-state index in [0.717, 1.165) is 19.3 Å². The number of benzene rings is 1. The fourth-order valence-corrected chi connectivity index (χ4v) is 1.73. The second-order valence-electron chi connectivity index (χ2n) is 4.50. The highest BCUT2D eigenvalue weighted by Crippen LogP contribution is 2.11. The molecule has 0 aliphatic heterocycles. The molecule has 1 aromatic rings. The van der Waals surface area contributed by atoms with Crippen molar-refractivity contribution in [3.05, 3.63) is 41.0 Å². The van der Waals surface area contributed by atoms with Crippen molar-refractivity contribution in [1.29, 1.82) is 0 Å². The molecule has 0 radical (unpaired) electrons. The minimum Gasteiger partial charge on any atom is -0.396 e. The van der Waals surface area contributed by atoms with E-state index >= 15 is 0 Å². The second-order valence-corrected chi connectivity index (χ2v) is 4.50. The quantitative estimate of drug-likeness (QED) is 0.720. The molecule has 0 amide bonds. The molecular weight excluding hydrogens is 196 g/mol. The Kier molecular flexibility index (Phi) is 5.87. The van der Waals surface area contributed by atoms with E-state index in [-0.39, 0.29) is 0 Å². The van der Waals surface area contributed by atoms with Gasteiger partial charge in [-0.1, -0.05) is 42.3 Å². The SMILES string of the molecule is CC(C)=Cc1ccc(CCCCCO)cc1. The van der Waals surface area contributed by atoms with E-state index in [1.807, 2.05) is 0 Å². The van der Waals surface area contributed by atoms with E-state index in [1.54, 1.807) is 0 Å². The molecule has 0 unspecified atom stereocenters. The van der Waals surface area contributed by atoms with E-state index in [2.05, 4.69) is 44.2 Å². The first-order chi connectivity index (χ1) is 7.72. The number of hydrogen-bond acceptors (Lipinski definition) is 1. The van der Waals surface area contributed by atoms with Crippen LogP contribution in [0, 0.1) is 0 Å². The third-order valence-corrected chi connectivity index (χ3v) is 2.56. The molecule has 1 aromatic carbocycles. The zero-order valence-electron chi connectivity index (χ0n) is 10.4. The van der Waals surface area contributed by atoms with Crippen molar-refractivity contribution in [3.8, 4) is 0 Å². The predicted molar refractivity (Wildman–Crippen MR) is 70.4 cm³/mol. The maximum Gasteiger partial charge on any atom is 0.0431 e. The van der Waals surface area contributed by atoms with Crippen LogP contribution in [-0.2, 0) is 6.42 Å². The van der Waals surface area contributed by atoms with Crippen molar-refractivity contribution >= 4 is 6.08 Å². The van der Waals surface area contributed by atoms with Crippen LogP contribution in [0.25, 0.3) is 6.08 Å². The number of unbranched alkanes of at least 4 members (excludes halogenated alkanes) is 2. The predicted octanol–water partition coefficient (Wildman–Crippen LogP) is 3.81. The molecule has 16 heavy (non-hydrogen) atoms. The van der Waals surface area contributed by atoms with Gasteiger partial charge in [-0.15, -0.1) is 0 Å². The molecule has 0 aromatic heterocycles. The number of hydrogen-bond donors (Lipinski definition) is 1. The average molecular weight is 218 g/mol. The van der Waals surface area contributed by atoms with Crippen molar-refractivity contribution in [3.63, 3.8) is 0 Å². The van der Waals surface area contributed by atoms with Crippen LogP contribution in [0.5, 0.6) is 0 Å². The topological polar surface area (TPSA) is 20.2 Å². The summed E-state index contributed by atoms with van der Waals surface area (Å²) in [6, 6.07) is 8.75. The Balaban J connectivity index is 2.42. The van der Waals surface area contributed by atoms with Crippen LogP contribution in [0.3, 0.4) is 0 Å². The van der Waals surface area contributed by atoms with E-state index in [9.17, 15) is 0 Å². The molecule has 0 aliphatic carbocycles. The van der Waals surface area contributed by atoms with Crippen LogP contribution in [0.15, 0.2) is 29.8 Å². The summed E-state index contributed by atoms with van der Waals surface area (Å²) in [4.78, 5) is 0. The van der Waals surface area contributed by atoms with Crippen LogP contribution < -0.4 is 0 Å². The fourth-order valence-electron chi connectivity index (χ4n) is 1.73. The first-order valence-electron chi connectivity index (χ1n) is 6.07. The molecule has 0 aliphatic rings. The summed E-state index contributed by atoms with van der Waals surface area (Å²) < 4.78 is 0. The Morgan fingerprint density at radius 2 is 1.75 bits per heavy atom. The minimum atomic E-state index is 0.319. The summed E-state index contributed by atoms with van der Waals surface area (Å²) in [6.45, 7) is 4.55. The van der Waals surface area contributed by atoms with Gasteiger partial charge in [0.2, 0.25) is 0 Å². The number of aliphatic hydroxyl groups is 1. The zero-order valence-corrected chi connectivity index (χ0v) is 10.4. The Morgan fingerprint density at radius 3 is 2.31 bits per heavy atom. The monoisotopic (exact) mass is 218 g/mol. The molecule has 1 N–H and O–H groups in total. The molecule has 0 bridgehead atoms. The summed E-state index contributed by atoms with van der Waals surface area (Å²) in [5.41, 5.74) is 4.00. The Bertz CT molecular complexity index is 318. The lowest BCUT2D eigenvalue weighted by Gasteiger charge is -2.02. The molecule has 0 saturated heterocycles. The van der Waals surface area contributed by atoms with E-state index < -0.39 is 0 Å². The highest BCUT2D eigenvalue weighted by atomic mass is 16.2. The molecular formula is C15H22O. The van der Waals surface area contributed by atoms with Crippen LogP contribution in [-0.4, -0.2) is 11.7 Å². The van der Waals surface area contributed by atoms with Gasteiger partial charge >= 0.3 is 0 Å². The van der Waals surface area contributed by atoms with Gasteiger partial charge in [0.15, 0.2) is 0 Å². The number of allylic oxidation sites excluding steroid dienone is 1. The maximum absolute atomic E-state index is 8.68. The molecule has 0 heterocycles. The Labute approximate surface area is 98.8 Å². The molecule has 1 nitrogen and oxygen atoms in total. The summed E-state index contributed by atoms with van der Waals surface area (Å²) in [5.74, 6) is 0. The Morgan fingerprint density at radius 1 is 1.06 bits per heavy atom. The summed E-state index contributed by atoms with van der Waals surface area (Å²) in [6.07, 6.45) is 6.52. The van der Waals surface area contributed by atoms with Crippen molar-refractivity contribution in [2.24, 2.45) is 0 Å². The third kappa shape index (κ3) is 5.13. The highest BCUT2D eigenvalue weighted by molar-refractivity contribution is 5.52. The van der Waals surface area contributed by atoms with Gasteiger partial charge in [-0.25, -0.2) is 0 Å². The van der Waals surface area contributed by atoms with Crippen molar-refractivity contribution in [1.82, 2.24) is 0 Å². The molecule has 0 spiro atoms. The molecule has 0 atom stereocenters. The van der Waals surface area contributed by atoms with Gasteiger partial charge in [0.1, 0.15) is 0 Å². The lowest BCUT2D eigenvalue weighted by Crippen LogP contribution is -1.88. The van der Waals surface area contributed by atoms with Crippen LogP contribution in [0.1, 0.15) is 44.2 Å². The number of aryl methyl sites for hydroxylation is 1. The third-order valence-electron chi connectivity index (χ3n) is 2.56. The highest BCUT2D eigenvalue weighted by Gasteiger charge is 1.94. The van der Waals surface area contributed by atoms with E-state index in [4.69, 9.17) is 5.11 Å². The van der Waals surface area contributed by atoms with Gasteiger partial charge in [0.05, 0.1) is 0 Å². The summed E-state index contributed by atoms with van der Waals surface area (Å²) >= 11 is 0. The Hall–Kier alpha value is -1.08. The van der Waals surface area contributed by atoms with Gasteiger partial charge in [-0.2, -0.15) is 0 Å². The van der Waals surface area contributed by atoms with Crippen LogP contribution in [0.2, 0.25) is 0 Å². The lowest BCUT2D eigenvalue weighted by atomic mass is 10.0. The summed E-state index contributed by atoms with van der Waals surface area (Å²) in [5, 5.41) is 8.68. The average Bonchev–Trinajstić information content (AvgIpc) is 2.26. The number of aliphatic hydroxyl groups excluding tert-OH is 1. The van der Waals surface area contributed by atoms with Gasteiger partial charge in [0, 0.05) is 6.61 Å². The van der Waals surface area contributed by atoms with E-state index in [0.29, 0.717) is 6.61 Å².